The molecule has 0 spiro atoms. The molecule has 6 heteroatoms. The SMILES string of the molecule is CCCNc1nccc(C(=O)Nc2ccc(OCC)cc2)n1. The second kappa shape index (κ2) is 7.97. The van der Waals surface area contributed by atoms with E-state index in [4.69, 9.17) is 4.74 Å². The summed E-state index contributed by atoms with van der Waals surface area (Å²) in [4.78, 5) is 20.5. The lowest BCUT2D eigenvalue weighted by Gasteiger charge is -2.08. The van der Waals surface area contributed by atoms with Gasteiger partial charge in [-0.15, -0.1) is 0 Å². The number of anilines is 2. The number of nitrogens with one attached hydrogen (secondary N) is 2. The van der Waals surface area contributed by atoms with Crippen molar-refractivity contribution in [2.24, 2.45) is 0 Å². The smallest absolute Gasteiger partial charge is 0.274 e. The molecule has 6 nitrogen and oxygen atoms in total. The number of carbonyl (C=O) groups excluding carboxylic acids is 1. The zero-order valence-corrected chi connectivity index (χ0v) is 12.8. The van der Waals surface area contributed by atoms with Gasteiger partial charge >= 0.3 is 0 Å². The molecule has 0 saturated carbocycles. The standard InChI is InChI=1S/C16H20N4O2/c1-3-10-17-16-18-11-9-14(20-16)15(21)19-12-5-7-13(8-6-12)22-4-2/h5-9,11H,3-4,10H2,1-2H3,(H,19,21)(H,17,18,20). The van der Waals surface area contributed by atoms with Gasteiger partial charge in [-0.2, -0.15) is 0 Å². The molecule has 0 aliphatic carbocycles. The van der Waals surface area contributed by atoms with Gasteiger partial charge in [-0.05, 0) is 43.7 Å². The van der Waals surface area contributed by atoms with Crippen molar-refractivity contribution in [2.45, 2.75) is 20.3 Å². The number of aromatic nitrogens is 2. The Balaban J connectivity index is 2.02. The van der Waals surface area contributed by atoms with E-state index in [0.29, 0.717) is 23.9 Å². The van der Waals surface area contributed by atoms with Gasteiger partial charge in [0.25, 0.3) is 5.91 Å². The first-order valence-corrected chi connectivity index (χ1v) is 7.34. The fraction of sp³-hybridized carbons (Fsp3) is 0.312. The monoisotopic (exact) mass is 300 g/mol. The molecule has 0 fully saturated rings. The Morgan fingerprint density at radius 1 is 1.18 bits per heavy atom. The van der Waals surface area contributed by atoms with Gasteiger partial charge in [-0.3, -0.25) is 4.79 Å². The van der Waals surface area contributed by atoms with E-state index < -0.39 is 0 Å². The van der Waals surface area contributed by atoms with Gasteiger partial charge in [-0.1, -0.05) is 6.92 Å². The highest BCUT2D eigenvalue weighted by molar-refractivity contribution is 6.02. The van der Waals surface area contributed by atoms with Gasteiger partial charge in [0.05, 0.1) is 6.61 Å². The Morgan fingerprint density at radius 2 is 1.95 bits per heavy atom. The van der Waals surface area contributed by atoms with E-state index in [1.165, 1.54) is 0 Å². The number of benzene rings is 1. The van der Waals surface area contributed by atoms with Crippen LogP contribution in [0.25, 0.3) is 0 Å². The van der Waals surface area contributed by atoms with Crippen LogP contribution in [0.5, 0.6) is 5.75 Å². The molecule has 1 aromatic heterocycles. The first-order valence-electron chi connectivity index (χ1n) is 7.34. The minimum atomic E-state index is -0.272. The van der Waals surface area contributed by atoms with Crippen LogP contribution in [-0.4, -0.2) is 29.0 Å². The predicted octanol–water partition coefficient (Wildman–Crippen LogP) is 2.95. The zero-order chi connectivity index (χ0) is 15.8. The number of amides is 1. The number of hydrogen-bond donors (Lipinski definition) is 2. The molecule has 1 heterocycles. The Labute approximate surface area is 129 Å². The normalized spacial score (nSPS) is 10.1. The predicted molar refractivity (Wildman–Crippen MR) is 86.4 cm³/mol. The van der Waals surface area contributed by atoms with E-state index in [9.17, 15) is 4.79 Å². The van der Waals surface area contributed by atoms with Crippen molar-refractivity contribution in [1.29, 1.82) is 0 Å². The zero-order valence-electron chi connectivity index (χ0n) is 12.8. The van der Waals surface area contributed by atoms with Crippen molar-refractivity contribution in [1.82, 2.24) is 9.97 Å². The lowest BCUT2D eigenvalue weighted by atomic mass is 10.3. The maximum Gasteiger partial charge on any atom is 0.274 e. The van der Waals surface area contributed by atoms with Crippen LogP contribution in [0.15, 0.2) is 36.5 Å². The summed E-state index contributed by atoms with van der Waals surface area (Å²) in [7, 11) is 0. The van der Waals surface area contributed by atoms with E-state index in [-0.39, 0.29) is 5.91 Å². The molecule has 0 atom stereocenters. The first kappa shape index (κ1) is 15.8. The summed E-state index contributed by atoms with van der Waals surface area (Å²) in [6.07, 6.45) is 2.53. The Kier molecular flexibility index (Phi) is 5.71. The molecule has 0 saturated heterocycles. The van der Waals surface area contributed by atoms with Gasteiger partial charge in [-0.25, -0.2) is 9.97 Å². The van der Waals surface area contributed by atoms with E-state index in [2.05, 4.69) is 27.5 Å². The molecule has 0 radical (unpaired) electrons. The van der Waals surface area contributed by atoms with E-state index in [1.807, 2.05) is 19.1 Å². The fourth-order valence-corrected chi connectivity index (χ4v) is 1.80. The lowest BCUT2D eigenvalue weighted by molar-refractivity contribution is 0.102. The Bertz CT molecular complexity index is 614. The van der Waals surface area contributed by atoms with Crippen LogP contribution >= 0.6 is 0 Å². The molecular weight excluding hydrogens is 280 g/mol. The second-order valence-corrected chi connectivity index (χ2v) is 4.60. The van der Waals surface area contributed by atoms with E-state index in [0.717, 1.165) is 18.7 Å². The maximum absolute atomic E-state index is 12.2. The highest BCUT2D eigenvalue weighted by Gasteiger charge is 2.09. The molecule has 0 aliphatic rings. The van der Waals surface area contributed by atoms with Gasteiger partial charge < -0.3 is 15.4 Å². The first-order chi connectivity index (χ1) is 10.7. The number of rotatable bonds is 7. The molecular formula is C16H20N4O2. The molecule has 2 rings (SSSR count). The van der Waals surface area contributed by atoms with Crippen LogP contribution < -0.4 is 15.4 Å². The number of ether oxygens (including phenoxy) is 1. The number of carbonyl (C=O) groups is 1. The van der Waals surface area contributed by atoms with Crippen molar-refractivity contribution in [3.8, 4) is 5.75 Å². The molecule has 1 amide bonds. The van der Waals surface area contributed by atoms with Crippen LogP contribution in [0.1, 0.15) is 30.8 Å². The summed E-state index contributed by atoms with van der Waals surface area (Å²) in [6, 6.07) is 8.79. The third-order valence-electron chi connectivity index (χ3n) is 2.84. The molecule has 0 bridgehead atoms. The molecule has 0 unspecified atom stereocenters. The minimum Gasteiger partial charge on any atom is -0.494 e. The minimum absolute atomic E-state index is 0.272. The highest BCUT2D eigenvalue weighted by atomic mass is 16.5. The van der Waals surface area contributed by atoms with Crippen LogP contribution in [-0.2, 0) is 0 Å². The summed E-state index contributed by atoms with van der Waals surface area (Å²) < 4.78 is 5.36. The van der Waals surface area contributed by atoms with Gasteiger partial charge in [0.15, 0.2) is 0 Å². The molecule has 1 aromatic carbocycles. The van der Waals surface area contributed by atoms with Gasteiger partial charge in [0.2, 0.25) is 5.95 Å². The quantitative estimate of drug-likeness (QED) is 0.822. The lowest BCUT2D eigenvalue weighted by Crippen LogP contribution is -2.15. The summed E-state index contributed by atoms with van der Waals surface area (Å²) in [5.74, 6) is 0.959. The summed E-state index contributed by atoms with van der Waals surface area (Å²) >= 11 is 0. The maximum atomic E-state index is 12.2. The molecule has 2 N–H and O–H groups in total. The molecule has 0 aliphatic heterocycles. The average Bonchev–Trinajstić information content (AvgIpc) is 2.55. The van der Waals surface area contributed by atoms with Crippen molar-refractivity contribution in [3.63, 3.8) is 0 Å². The third-order valence-corrected chi connectivity index (χ3v) is 2.84. The third kappa shape index (κ3) is 4.44. The van der Waals surface area contributed by atoms with Gasteiger partial charge in [0, 0.05) is 18.4 Å². The van der Waals surface area contributed by atoms with E-state index >= 15 is 0 Å². The topological polar surface area (TPSA) is 76.1 Å². The number of nitrogens with zero attached hydrogens (tertiary/aromatic N) is 2. The molecule has 22 heavy (non-hydrogen) atoms. The fourth-order valence-electron chi connectivity index (χ4n) is 1.80. The second-order valence-electron chi connectivity index (χ2n) is 4.60. The summed E-state index contributed by atoms with van der Waals surface area (Å²) in [5.41, 5.74) is 1.01. The molecule has 2 aromatic rings. The highest BCUT2D eigenvalue weighted by Crippen LogP contribution is 2.16. The Hall–Kier alpha value is -2.63. The van der Waals surface area contributed by atoms with Crippen LogP contribution in [0, 0.1) is 0 Å². The van der Waals surface area contributed by atoms with Crippen LogP contribution in [0.4, 0.5) is 11.6 Å². The molecule has 116 valence electrons. The van der Waals surface area contributed by atoms with Crippen LogP contribution in [0.2, 0.25) is 0 Å². The van der Waals surface area contributed by atoms with Crippen molar-refractivity contribution >= 4 is 17.5 Å². The van der Waals surface area contributed by atoms with E-state index in [1.54, 1.807) is 24.4 Å². The average molecular weight is 300 g/mol. The largest absolute Gasteiger partial charge is 0.494 e. The summed E-state index contributed by atoms with van der Waals surface area (Å²) in [6.45, 7) is 5.36. The van der Waals surface area contributed by atoms with Crippen LogP contribution in [0.3, 0.4) is 0 Å². The Morgan fingerprint density at radius 3 is 2.64 bits per heavy atom. The van der Waals surface area contributed by atoms with Crippen molar-refractivity contribution < 1.29 is 9.53 Å². The van der Waals surface area contributed by atoms with Gasteiger partial charge in [0.1, 0.15) is 11.4 Å². The number of hydrogen-bond acceptors (Lipinski definition) is 5. The van der Waals surface area contributed by atoms with Crippen molar-refractivity contribution in [3.05, 3.63) is 42.2 Å². The summed E-state index contributed by atoms with van der Waals surface area (Å²) in [5, 5.41) is 5.85. The van der Waals surface area contributed by atoms with Crippen molar-refractivity contribution in [2.75, 3.05) is 23.8 Å².